The molecule has 0 aliphatic heterocycles. The largest absolute Gasteiger partial charge is 0.359 e. The Morgan fingerprint density at radius 2 is 2.17 bits per heavy atom. The van der Waals surface area contributed by atoms with Gasteiger partial charge in [-0.25, -0.2) is 4.39 Å². The van der Waals surface area contributed by atoms with Gasteiger partial charge in [0.25, 0.3) is 5.56 Å². The van der Waals surface area contributed by atoms with Crippen LogP contribution in [-0.4, -0.2) is 15.0 Å². The molecule has 0 bridgehead atoms. The molecule has 0 atom stereocenters. The number of H-pyrrole nitrogens is 2. The maximum absolute atomic E-state index is 13.7. The molecule has 0 spiro atoms. The van der Waals surface area contributed by atoms with Gasteiger partial charge in [-0.1, -0.05) is 17.8 Å². The molecule has 0 aliphatic carbocycles. The Bertz CT molecular complexity index is 765. The van der Waals surface area contributed by atoms with Gasteiger partial charge in [0.1, 0.15) is 5.82 Å². The molecular weight excluding hydrogens is 253 g/mol. The Labute approximate surface area is 105 Å². The molecule has 0 radical (unpaired) electrons. The SMILES string of the molecule is O=c1cncc(Sc2cccc3[nH]cc(F)c23)[nH]1. The van der Waals surface area contributed by atoms with Gasteiger partial charge in [-0.05, 0) is 12.1 Å². The van der Waals surface area contributed by atoms with E-state index in [9.17, 15) is 9.18 Å². The molecule has 2 N–H and O–H groups in total. The first-order chi connectivity index (χ1) is 8.74. The van der Waals surface area contributed by atoms with Crippen LogP contribution in [0.3, 0.4) is 0 Å². The fraction of sp³-hybridized carbons (Fsp3) is 0. The maximum Gasteiger partial charge on any atom is 0.267 e. The van der Waals surface area contributed by atoms with Crippen LogP contribution in [0.4, 0.5) is 4.39 Å². The van der Waals surface area contributed by atoms with Crippen molar-refractivity contribution in [2.45, 2.75) is 9.92 Å². The van der Waals surface area contributed by atoms with Crippen molar-refractivity contribution in [1.29, 1.82) is 0 Å². The number of hydrogen-bond donors (Lipinski definition) is 2. The van der Waals surface area contributed by atoms with Gasteiger partial charge in [0.2, 0.25) is 0 Å². The van der Waals surface area contributed by atoms with Crippen molar-refractivity contribution in [1.82, 2.24) is 15.0 Å². The normalized spacial score (nSPS) is 10.9. The first-order valence-electron chi connectivity index (χ1n) is 5.22. The number of aromatic nitrogens is 3. The van der Waals surface area contributed by atoms with Crippen LogP contribution in [0, 0.1) is 5.82 Å². The number of aromatic amines is 2. The second-order valence-corrected chi connectivity index (χ2v) is 4.76. The number of nitrogens with one attached hydrogen (secondary N) is 2. The van der Waals surface area contributed by atoms with Crippen LogP contribution in [0.15, 0.2) is 51.5 Å². The Kier molecular flexibility index (Phi) is 2.64. The molecule has 3 aromatic rings. The lowest BCUT2D eigenvalue weighted by Crippen LogP contribution is -2.04. The minimum atomic E-state index is -0.306. The fourth-order valence-corrected chi connectivity index (χ4v) is 2.68. The summed E-state index contributed by atoms with van der Waals surface area (Å²) in [5, 5.41) is 1.10. The van der Waals surface area contributed by atoms with E-state index in [1.807, 2.05) is 6.07 Å². The molecule has 18 heavy (non-hydrogen) atoms. The molecule has 0 unspecified atom stereocenters. The Balaban J connectivity index is 2.10. The summed E-state index contributed by atoms with van der Waals surface area (Å²) in [6.45, 7) is 0. The smallest absolute Gasteiger partial charge is 0.267 e. The van der Waals surface area contributed by atoms with Gasteiger partial charge in [0.05, 0.1) is 17.4 Å². The van der Waals surface area contributed by atoms with Crippen molar-refractivity contribution in [2.24, 2.45) is 0 Å². The number of rotatable bonds is 2. The predicted octanol–water partition coefficient (Wildman–Crippen LogP) is 2.54. The van der Waals surface area contributed by atoms with Gasteiger partial charge in [-0.15, -0.1) is 0 Å². The Morgan fingerprint density at radius 1 is 1.28 bits per heavy atom. The highest BCUT2D eigenvalue weighted by Gasteiger charge is 2.09. The van der Waals surface area contributed by atoms with Crippen molar-refractivity contribution in [3.63, 3.8) is 0 Å². The first kappa shape index (κ1) is 11.0. The van der Waals surface area contributed by atoms with Crippen LogP contribution in [0.1, 0.15) is 0 Å². The molecule has 0 saturated heterocycles. The summed E-state index contributed by atoms with van der Waals surface area (Å²) in [6.07, 6.45) is 4.05. The highest BCUT2D eigenvalue weighted by molar-refractivity contribution is 7.99. The summed E-state index contributed by atoms with van der Waals surface area (Å²) in [5.41, 5.74) is 0.449. The lowest BCUT2D eigenvalue weighted by molar-refractivity contribution is 0.638. The van der Waals surface area contributed by atoms with E-state index < -0.39 is 0 Å². The summed E-state index contributed by atoms with van der Waals surface area (Å²) in [6, 6.07) is 5.43. The second kappa shape index (κ2) is 4.30. The van der Waals surface area contributed by atoms with Crippen molar-refractivity contribution in [3.8, 4) is 0 Å². The van der Waals surface area contributed by atoms with Crippen LogP contribution in [0.25, 0.3) is 10.9 Å². The summed E-state index contributed by atoms with van der Waals surface area (Å²) >= 11 is 1.27. The number of nitrogens with zero attached hydrogens (tertiary/aromatic N) is 1. The molecule has 0 saturated carbocycles. The van der Waals surface area contributed by atoms with Crippen LogP contribution >= 0.6 is 11.8 Å². The molecule has 90 valence electrons. The van der Waals surface area contributed by atoms with Crippen molar-refractivity contribution >= 4 is 22.7 Å². The van der Waals surface area contributed by atoms with Crippen molar-refractivity contribution in [2.75, 3.05) is 0 Å². The fourth-order valence-electron chi connectivity index (χ4n) is 1.73. The Hall–Kier alpha value is -2.08. The van der Waals surface area contributed by atoms with E-state index in [1.54, 1.807) is 12.1 Å². The summed E-state index contributed by atoms with van der Waals surface area (Å²) < 4.78 is 13.7. The molecule has 0 fully saturated rings. The van der Waals surface area contributed by atoms with Gasteiger partial charge in [-0.3, -0.25) is 9.78 Å². The molecule has 0 aliphatic rings. The van der Waals surface area contributed by atoms with Crippen LogP contribution in [0.5, 0.6) is 0 Å². The maximum atomic E-state index is 13.7. The number of halogens is 1. The first-order valence-corrected chi connectivity index (χ1v) is 6.03. The van der Waals surface area contributed by atoms with Crippen LogP contribution in [-0.2, 0) is 0 Å². The highest BCUT2D eigenvalue weighted by atomic mass is 32.2. The lowest BCUT2D eigenvalue weighted by Gasteiger charge is -2.02. The van der Waals surface area contributed by atoms with E-state index in [2.05, 4.69) is 15.0 Å². The summed E-state index contributed by atoms with van der Waals surface area (Å²) in [4.78, 5) is 21.2. The average molecular weight is 261 g/mol. The average Bonchev–Trinajstić information content (AvgIpc) is 2.72. The predicted molar refractivity (Wildman–Crippen MR) is 67.2 cm³/mol. The molecule has 1 aromatic carbocycles. The van der Waals surface area contributed by atoms with Gasteiger partial charge in [0.15, 0.2) is 0 Å². The quantitative estimate of drug-likeness (QED) is 0.745. The van der Waals surface area contributed by atoms with Crippen LogP contribution in [0.2, 0.25) is 0 Å². The zero-order valence-corrected chi connectivity index (χ0v) is 9.92. The third kappa shape index (κ3) is 1.91. The van der Waals surface area contributed by atoms with Gasteiger partial charge in [-0.2, -0.15) is 0 Å². The third-order valence-corrected chi connectivity index (χ3v) is 3.46. The monoisotopic (exact) mass is 261 g/mol. The molecule has 0 amide bonds. The van der Waals surface area contributed by atoms with Gasteiger partial charge in [0, 0.05) is 22.0 Å². The topological polar surface area (TPSA) is 61.5 Å². The van der Waals surface area contributed by atoms with Gasteiger partial charge < -0.3 is 9.97 Å². The minimum absolute atomic E-state index is 0.276. The minimum Gasteiger partial charge on any atom is -0.359 e. The van der Waals surface area contributed by atoms with Crippen molar-refractivity contribution < 1.29 is 4.39 Å². The standard InChI is InChI=1S/C12H8FN3OS/c13-7-4-15-8-2-1-3-9(12(7)8)18-11-6-14-5-10(17)16-11/h1-6,15H,(H,16,17). The second-order valence-electron chi connectivity index (χ2n) is 3.68. The molecular formula is C12H8FN3OS. The summed E-state index contributed by atoms with van der Waals surface area (Å²) in [5.74, 6) is -0.306. The molecule has 3 rings (SSSR count). The van der Waals surface area contributed by atoms with Crippen LogP contribution < -0.4 is 5.56 Å². The molecule has 2 aromatic heterocycles. The number of fused-ring (bicyclic) bond motifs is 1. The summed E-state index contributed by atoms with van der Waals surface area (Å²) in [7, 11) is 0. The Morgan fingerprint density at radius 3 is 3.00 bits per heavy atom. The zero-order valence-electron chi connectivity index (χ0n) is 9.11. The molecule has 6 heteroatoms. The van der Waals surface area contributed by atoms with E-state index in [0.717, 1.165) is 10.4 Å². The van der Waals surface area contributed by atoms with E-state index in [-0.39, 0.29) is 11.4 Å². The van der Waals surface area contributed by atoms with E-state index in [4.69, 9.17) is 0 Å². The van der Waals surface area contributed by atoms with E-state index in [1.165, 1.54) is 30.4 Å². The van der Waals surface area contributed by atoms with E-state index in [0.29, 0.717) is 10.4 Å². The number of benzene rings is 1. The molecule has 4 nitrogen and oxygen atoms in total. The zero-order chi connectivity index (χ0) is 12.5. The third-order valence-electron chi connectivity index (χ3n) is 2.47. The van der Waals surface area contributed by atoms with E-state index >= 15 is 0 Å². The van der Waals surface area contributed by atoms with Gasteiger partial charge >= 0.3 is 0 Å². The molecule has 2 heterocycles. The van der Waals surface area contributed by atoms with Crippen molar-refractivity contribution in [3.05, 3.63) is 53.0 Å². The highest BCUT2D eigenvalue weighted by Crippen LogP contribution is 2.32. The number of hydrogen-bond acceptors (Lipinski definition) is 3. The lowest BCUT2D eigenvalue weighted by atomic mass is 10.2.